The minimum atomic E-state index is 0.0139. The third kappa shape index (κ3) is 7.52. The number of hydrogen-bond donors (Lipinski definition) is 2. The normalized spacial score (nSPS) is 9.72. The van der Waals surface area contributed by atoms with E-state index in [-0.39, 0.29) is 23.1 Å². The molecule has 0 unspecified atom stereocenters. The van der Waals surface area contributed by atoms with Crippen LogP contribution in [0.1, 0.15) is 43.1 Å². The van der Waals surface area contributed by atoms with E-state index in [4.69, 9.17) is 9.84 Å². The van der Waals surface area contributed by atoms with Crippen LogP contribution in [-0.4, -0.2) is 28.4 Å². The van der Waals surface area contributed by atoms with Gasteiger partial charge in [0.25, 0.3) is 0 Å². The van der Waals surface area contributed by atoms with Crippen molar-refractivity contribution < 1.29 is 24.5 Å². The molecule has 0 saturated heterocycles. The van der Waals surface area contributed by atoms with Crippen LogP contribution >= 0.6 is 0 Å². The number of ketones is 2. The number of rotatable bonds is 6. The van der Waals surface area contributed by atoms with Gasteiger partial charge in [-0.25, -0.2) is 0 Å². The molecule has 0 aliphatic rings. The maximum absolute atomic E-state index is 10.8. The van der Waals surface area contributed by atoms with E-state index < -0.39 is 0 Å². The van der Waals surface area contributed by atoms with Crippen molar-refractivity contribution in [3.8, 4) is 17.2 Å². The first-order valence-corrected chi connectivity index (χ1v) is 8.07. The van der Waals surface area contributed by atoms with Crippen molar-refractivity contribution in [1.82, 2.24) is 0 Å². The zero-order valence-electron chi connectivity index (χ0n) is 14.8. The highest BCUT2D eigenvalue weighted by Gasteiger charge is 2.04. The quantitative estimate of drug-likeness (QED) is 0.776. The molecule has 2 aromatic carbocycles. The van der Waals surface area contributed by atoms with E-state index in [0.717, 1.165) is 5.56 Å². The van der Waals surface area contributed by atoms with Crippen molar-refractivity contribution in [2.45, 2.75) is 33.6 Å². The molecule has 2 rings (SSSR count). The average molecular weight is 344 g/mol. The third-order valence-corrected chi connectivity index (χ3v) is 3.36. The first kappa shape index (κ1) is 20.2. The predicted octanol–water partition coefficient (Wildman–Crippen LogP) is 3.91. The monoisotopic (exact) mass is 344 g/mol. The van der Waals surface area contributed by atoms with Crippen LogP contribution in [0.25, 0.3) is 0 Å². The molecule has 0 aliphatic heterocycles. The highest BCUT2D eigenvalue weighted by atomic mass is 16.5. The minimum Gasteiger partial charge on any atom is -0.508 e. The highest BCUT2D eigenvalue weighted by molar-refractivity contribution is 5.94. The van der Waals surface area contributed by atoms with Crippen molar-refractivity contribution >= 4 is 11.6 Å². The van der Waals surface area contributed by atoms with Crippen LogP contribution < -0.4 is 4.74 Å². The van der Waals surface area contributed by atoms with Crippen LogP contribution in [0.15, 0.2) is 42.5 Å². The number of Topliss-reactive ketones (excluding diaryl/α,β-unsaturated/α-hetero) is 2. The molecule has 0 atom stereocenters. The molecular formula is C20H24O5. The fourth-order valence-corrected chi connectivity index (χ4v) is 2.00. The van der Waals surface area contributed by atoms with Gasteiger partial charge in [0.15, 0.2) is 17.3 Å². The lowest BCUT2D eigenvalue weighted by atomic mass is 10.1. The lowest BCUT2D eigenvalue weighted by Crippen LogP contribution is -1.96. The number of aromatic hydroxyl groups is 2. The zero-order chi connectivity index (χ0) is 18.8. The zero-order valence-corrected chi connectivity index (χ0v) is 14.8. The molecule has 25 heavy (non-hydrogen) atoms. The second-order valence-corrected chi connectivity index (χ2v) is 5.54. The topological polar surface area (TPSA) is 83.8 Å². The van der Waals surface area contributed by atoms with E-state index in [1.54, 1.807) is 37.3 Å². The van der Waals surface area contributed by atoms with E-state index >= 15 is 0 Å². The van der Waals surface area contributed by atoms with Gasteiger partial charge in [0, 0.05) is 12.0 Å². The summed E-state index contributed by atoms with van der Waals surface area (Å²) in [6.45, 7) is 5.45. The van der Waals surface area contributed by atoms with E-state index in [9.17, 15) is 14.7 Å². The van der Waals surface area contributed by atoms with Crippen molar-refractivity contribution in [2.24, 2.45) is 0 Å². The van der Waals surface area contributed by atoms with E-state index in [0.29, 0.717) is 30.8 Å². The Kier molecular flexibility index (Phi) is 8.19. The van der Waals surface area contributed by atoms with Gasteiger partial charge in [-0.2, -0.15) is 0 Å². The summed E-state index contributed by atoms with van der Waals surface area (Å²) >= 11 is 0. The molecule has 0 amide bonds. The van der Waals surface area contributed by atoms with Gasteiger partial charge >= 0.3 is 0 Å². The first-order chi connectivity index (χ1) is 11.8. The summed E-state index contributed by atoms with van der Waals surface area (Å²) in [5, 5.41) is 18.3. The van der Waals surface area contributed by atoms with Crippen LogP contribution in [0.5, 0.6) is 17.2 Å². The number of carbonyl (C=O) groups excluding carboxylic acids is 2. The molecule has 0 fully saturated rings. The fourth-order valence-electron chi connectivity index (χ4n) is 2.00. The van der Waals surface area contributed by atoms with Gasteiger partial charge in [0.2, 0.25) is 0 Å². The first-order valence-electron chi connectivity index (χ1n) is 8.07. The Morgan fingerprint density at radius 1 is 1.00 bits per heavy atom. The molecule has 2 N–H and O–H groups in total. The lowest BCUT2D eigenvalue weighted by Gasteiger charge is -2.07. The van der Waals surface area contributed by atoms with E-state index in [2.05, 4.69) is 0 Å². The van der Waals surface area contributed by atoms with Gasteiger partial charge in [0.1, 0.15) is 11.5 Å². The number of aryl methyl sites for hydroxylation is 1. The van der Waals surface area contributed by atoms with Gasteiger partial charge < -0.3 is 19.7 Å². The Bertz CT molecular complexity index is 705. The number of phenolic OH excluding ortho intramolecular Hbond substituents is 2. The van der Waals surface area contributed by atoms with Crippen molar-refractivity contribution in [1.29, 1.82) is 0 Å². The summed E-state index contributed by atoms with van der Waals surface area (Å²) in [5.41, 5.74) is 1.63. The Morgan fingerprint density at radius 3 is 2.16 bits per heavy atom. The molecule has 0 spiro atoms. The van der Waals surface area contributed by atoms with Crippen LogP contribution in [0, 0.1) is 0 Å². The molecular weight excluding hydrogens is 320 g/mol. The second-order valence-electron chi connectivity index (χ2n) is 5.54. The number of carbonyl (C=O) groups is 2. The van der Waals surface area contributed by atoms with Crippen molar-refractivity contribution in [3.05, 3.63) is 53.6 Å². The molecule has 2 aromatic rings. The molecule has 0 aliphatic carbocycles. The lowest BCUT2D eigenvalue weighted by molar-refractivity contribution is -0.116. The molecule has 5 heteroatoms. The fraction of sp³-hybridized carbons (Fsp3) is 0.300. The van der Waals surface area contributed by atoms with Gasteiger partial charge in [-0.1, -0.05) is 6.07 Å². The third-order valence-electron chi connectivity index (χ3n) is 3.36. The Morgan fingerprint density at radius 2 is 1.64 bits per heavy atom. The van der Waals surface area contributed by atoms with Crippen LogP contribution in [0.3, 0.4) is 0 Å². The maximum Gasteiger partial charge on any atom is 0.161 e. The van der Waals surface area contributed by atoms with Gasteiger partial charge in [-0.3, -0.25) is 4.79 Å². The van der Waals surface area contributed by atoms with Gasteiger partial charge in [-0.05, 0) is 69.2 Å². The molecule has 0 aromatic heterocycles. The molecule has 5 nitrogen and oxygen atoms in total. The summed E-state index contributed by atoms with van der Waals surface area (Å²) in [7, 11) is 0. The van der Waals surface area contributed by atoms with Crippen LogP contribution in [-0.2, 0) is 11.2 Å². The number of phenols is 2. The smallest absolute Gasteiger partial charge is 0.161 e. The predicted molar refractivity (Wildman–Crippen MR) is 96.4 cm³/mol. The molecule has 134 valence electrons. The van der Waals surface area contributed by atoms with Crippen LogP contribution in [0.2, 0.25) is 0 Å². The Labute approximate surface area is 147 Å². The Hall–Kier alpha value is -2.82. The standard InChI is InChI=1S/C12H16O3.C8H8O2/c1-3-15-12-8-10(5-4-9(2)13)6-7-11(12)14;1-6(9)7-2-4-8(10)5-3-7/h6-8,14H,3-5H2,1-2H3;2-5,10H,1H3. The maximum atomic E-state index is 10.8. The molecule has 0 radical (unpaired) electrons. The van der Waals surface area contributed by atoms with E-state index in [1.165, 1.54) is 19.1 Å². The SMILES string of the molecule is CC(=O)c1ccc(O)cc1.CCOc1cc(CCC(C)=O)ccc1O. The molecule has 0 heterocycles. The number of benzene rings is 2. The molecule has 0 saturated carbocycles. The summed E-state index contributed by atoms with van der Waals surface area (Å²) in [4.78, 5) is 21.5. The van der Waals surface area contributed by atoms with Gasteiger partial charge in [-0.15, -0.1) is 0 Å². The summed E-state index contributed by atoms with van der Waals surface area (Å²) in [5.74, 6) is 0.994. The number of hydrogen-bond acceptors (Lipinski definition) is 5. The van der Waals surface area contributed by atoms with E-state index in [1.807, 2.05) is 6.92 Å². The van der Waals surface area contributed by atoms with Gasteiger partial charge in [0.05, 0.1) is 6.61 Å². The summed E-state index contributed by atoms with van der Waals surface area (Å²) in [6, 6.07) is 11.4. The molecule has 0 bridgehead atoms. The highest BCUT2D eigenvalue weighted by Crippen LogP contribution is 2.27. The minimum absolute atomic E-state index is 0.0139. The summed E-state index contributed by atoms with van der Waals surface area (Å²) in [6.07, 6.45) is 1.21. The Balaban J connectivity index is 0.000000271. The van der Waals surface area contributed by atoms with Crippen LogP contribution in [0.4, 0.5) is 0 Å². The second kappa shape index (κ2) is 10.1. The van der Waals surface area contributed by atoms with Crippen molar-refractivity contribution in [3.63, 3.8) is 0 Å². The number of ether oxygens (including phenoxy) is 1. The van der Waals surface area contributed by atoms with Crippen molar-refractivity contribution in [2.75, 3.05) is 6.61 Å². The average Bonchev–Trinajstić information content (AvgIpc) is 2.56. The largest absolute Gasteiger partial charge is 0.508 e. The summed E-state index contributed by atoms with van der Waals surface area (Å²) < 4.78 is 5.25.